The molecule has 1 aliphatic rings. The molecule has 3 atom stereocenters. The van der Waals surface area contributed by atoms with E-state index in [1.807, 2.05) is 6.07 Å². The Morgan fingerprint density at radius 1 is 1.44 bits per heavy atom. The van der Waals surface area contributed by atoms with Gasteiger partial charge >= 0.3 is 0 Å². The van der Waals surface area contributed by atoms with Crippen LogP contribution in [0, 0.1) is 11.7 Å². The number of morpholine rings is 1. The summed E-state index contributed by atoms with van der Waals surface area (Å²) in [5, 5.41) is 3.57. The molecular formula is C15H22FNO. The van der Waals surface area contributed by atoms with Gasteiger partial charge in [0.1, 0.15) is 5.82 Å². The summed E-state index contributed by atoms with van der Waals surface area (Å²) in [6.07, 6.45) is 1.06. The lowest BCUT2D eigenvalue weighted by molar-refractivity contribution is -0.0285. The van der Waals surface area contributed by atoms with Crippen LogP contribution in [0.25, 0.3) is 0 Å². The third kappa shape index (κ3) is 3.30. The minimum atomic E-state index is -0.201. The van der Waals surface area contributed by atoms with E-state index in [1.165, 1.54) is 6.07 Å². The van der Waals surface area contributed by atoms with Crippen LogP contribution in [-0.4, -0.2) is 18.7 Å². The number of nitrogens with one attached hydrogen (secondary N) is 1. The fourth-order valence-electron chi connectivity index (χ4n) is 2.65. The van der Waals surface area contributed by atoms with E-state index in [2.05, 4.69) is 26.1 Å². The molecule has 0 radical (unpaired) electrons. The molecule has 1 heterocycles. The lowest BCUT2D eigenvalue weighted by Gasteiger charge is -2.36. The maximum absolute atomic E-state index is 13.2. The molecular weight excluding hydrogens is 229 g/mol. The summed E-state index contributed by atoms with van der Waals surface area (Å²) >= 11 is 0. The molecule has 2 rings (SSSR count). The maximum Gasteiger partial charge on any atom is 0.123 e. The third-order valence-electron chi connectivity index (χ3n) is 3.36. The fourth-order valence-corrected chi connectivity index (χ4v) is 2.65. The van der Waals surface area contributed by atoms with Crippen molar-refractivity contribution in [2.24, 2.45) is 5.92 Å². The second-order valence-electron chi connectivity index (χ2n) is 5.59. The Kier molecular flexibility index (Phi) is 4.36. The largest absolute Gasteiger partial charge is 0.370 e. The Morgan fingerprint density at radius 2 is 2.22 bits per heavy atom. The van der Waals surface area contributed by atoms with E-state index in [-0.39, 0.29) is 18.0 Å². The van der Waals surface area contributed by atoms with Crippen molar-refractivity contribution in [3.8, 4) is 0 Å². The zero-order chi connectivity index (χ0) is 13.1. The molecule has 0 bridgehead atoms. The van der Waals surface area contributed by atoms with Gasteiger partial charge in [0.2, 0.25) is 0 Å². The van der Waals surface area contributed by atoms with Crippen molar-refractivity contribution in [3.05, 3.63) is 35.6 Å². The van der Waals surface area contributed by atoms with Crippen molar-refractivity contribution in [1.29, 1.82) is 0 Å². The highest BCUT2D eigenvalue weighted by Gasteiger charge is 2.29. The van der Waals surface area contributed by atoms with Crippen LogP contribution in [0.3, 0.4) is 0 Å². The highest BCUT2D eigenvalue weighted by atomic mass is 19.1. The van der Waals surface area contributed by atoms with Gasteiger partial charge in [0, 0.05) is 12.1 Å². The van der Waals surface area contributed by atoms with Crippen LogP contribution in [0.2, 0.25) is 0 Å². The third-order valence-corrected chi connectivity index (χ3v) is 3.36. The Morgan fingerprint density at radius 3 is 2.83 bits per heavy atom. The molecule has 0 saturated carbocycles. The molecule has 100 valence electrons. The zero-order valence-electron chi connectivity index (χ0n) is 11.3. The summed E-state index contributed by atoms with van der Waals surface area (Å²) in [7, 11) is 0. The van der Waals surface area contributed by atoms with Crippen molar-refractivity contribution in [2.45, 2.75) is 45.4 Å². The summed E-state index contributed by atoms with van der Waals surface area (Å²) in [4.78, 5) is 0. The van der Waals surface area contributed by atoms with Crippen molar-refractivity contribution in [3.63, 3.8) is 0 Å². The fraction of sp³-hybridized carbons (Fsp3) is 0.600. The van der Waals surface area contributed by atoms with Gasteiger partial charge in [-0.2, -0.15) is 0 Å². The van der Waals surface area contributed by atoms with Gasteiger partial charge in [-0.1, -0.05) is 26.0 Å². The summed E-state index contributed by atoms with van der Waals surface area (Å²) in [6.45, 7) is 7.22. The highest BCUT2D eigenvalue weighted by Crippen LogP contribution is 2.26. The van der Waals surface area contributed by atoms with Crippen LogP contribution in [0.4, 0.5) is 4.39 Å². The van der Waals surface area contributed by atoms with Crippen LogP contribution < -0.4 is 5.32 Å². The SMILES string of the molecule is CC(C)CC1COC(c2cccc(F)c2)C(C)N1. The first-order valence-electron chi connectivity index (χ1n) is 6.69. The first-order chi connectivity index (χ1) is 8.56. The molecule has 1 N–H and O–H groups in total. The summed E-state index contributed by atoms with van der Waals surface area (Å²) in [5.41, 5.74) is 0.915. The lowest BCUT2D eigenvalue weighted by atomic mass is 9.97. The monoisotopic (exact) mass is 251 g/mol. The predicted octanol–water partition coefficient (Wildman–Crippen LogP) is 3.29. The number of ether oxygens (including phenoxy) is 1. The Labute approximate surface area is 109 Å². The molecule has 1 saturated heterocycles. The second-order valence-corrected chi connectivity index (χ2v) is 5.59. The molecule has 0 aliphatic carbocycles. The Bertz CT molecular complexity index is 394. The second kappa shape index (κ2) is 5.81. The minimum Gasteiger partial charge on any atom is -0.370 e. The molecule has 1 aromatic rings. The average Bonchev–Trinajstić information content (AvgIpc) is 2.28. The van der Waals surface area contributed by atoms with Crippen LogP contribution in [0.5, 0.6) is 0 Å². The molecule has 0 spiro atoms. The molecule has 18 heavy (non-hydrogen) atoms. The first kappa shape index (κ1) is 13.5. The number of benzene rings is 1. The van der Waals surface area contributed by atoms with Crippen LogP contribution in [0.15, 0.2) is 24.3 Å². The number of rotatable bonds is 3. The van der Waals surface area contributed by atoms with E-state index in [4.69, 9.17) is 4.74 Å². The van der Waals surface area contributed by atoms with Gasteiger partial charge < -0.3 is 10.1 Å². The van der Waals surface area contributed by atoms with E-state index in [1.54, 1.807) is 12.1 Å². The average molecular weight is 251 g/mol. The maximum atomic E-state index is 13.2. The van der Waals surface area contributed by atoms with Crippen molar-refractivity contribution in [1.82, 2.24) is 5.32 Å². The normalized spacial score (nSPS) is 28.6. The standard InChI is InChI=1S/C15H22FNO/c1-10(2)7-14-9-18-15(11(3)17-14)12-5-4-6-13(16)8-12/h4-6,8,10-11,14-15,17H,7,9H2,1-3H3. The first-order valence-corrected chi connectivity index (χ1v) is 6.69. The number of hydrogen-bond donors (Lipinski definition) is 1. The minimum absolute atomic E-state index is 0.0517. The van der Waals surface area contributed by atoms with Crippen LogP contribution >= 0.6 is 0 Å². The number of halogens is 1. The highest BCUT2D eigenvalue weighted by molar-refractivity contribution is 5.20. The smallest absolute Gasteiger partial charge is 0.123 e. The summed E-state index contributed by atoms with van der Waals surface area (Å²) in [5.74, 6) is 0.455. The van der Waals surface area contributed by atoms with Crippen molar-refractivity contribution in [2.75, 3.05) is 6.61 Å². The van der Waals surface area contributed by atoms with Crippen molar-refractivity contribution >= 4 is 0 Å². The van der Waals surface area contributed by atoms with Gasteiger partial charge in [0.05, 0.1) is 12.7 Å². The molecule has 2 nitrogen and oxygen atoms in total. The van der Waals surface area contributed by atoms with E-state index < -0.39 is 0 Å². The van der Waals surface area contributed by atoms with Gasteiger partial charge in [0.15, 0.2) is 0 Å². The molecule has 1 fully saturated rings. The molecule has 3 heteroatoms. The topological polar surface area (TPSA) is 21.3 Å². The number of hydrogen-bond acceptors (Lipinski definition) is 2. The quantitative estimate of drug-likeness (QED) is 0.890. The van der Waals surface area contributed by atoms with E-state index in [0.717, 1.165) is 12.0 Å². The van der Waals surface area contributed by atoms with E-state index in [0.29, 0.717) is 18.6 Å². The molecule has 0 aromatic heterocycles. The van der Waals surface area contributed by atoms with Gasteiger partial charge in [0.25, 0.3) is 0 Å². The van der Waals surface area contributed by atoms with Crippen LogP contribution in [0.1, 0.15) is 38.9 Å². The van der Waals surface area contributed by atoms with E-state index >= 15 is 0 Å². The predicted molar refractivity (Wildman–Crippen MR) is 70.9 cm³/mol. The molecule has 0 amide bonds. The van der Waals surface area contributed by atoms with Gasteiger partial charge in [-0.25, -0.2) is 4.39 Å². The van der Waals surface area contributed by atoms with Gasteiger partial charge in [-0.15, -0.1) is 0 Å². The van der Waals surface area contributed by atoms with E-state index in [9.17, 15) is 4.39 Å². The Balaban J connectivity index is 2.01. The van der Waals surface area contributed by atoms with Gasteiger partial charge in [-0.05, 0) is 37.0 Å². The molecule has 1 aromatic carbocycles. The zero-order valence-corrected chi connectivity index (χ0v) is 11.3. The summed E-state index contributed by atoms with van der Waals surface area (Å²) in [6, 6.07) is 7.31. The molecule has 1 aliphatic heterocycles. The van der Waals surface area contributed by atoms with Crippen LogP contribution in [-0.2, 0) is 4.74 Å². The Hall–Kier alpha value is -0.930. The summed E-state index contributed by atoms with van der Waals surface area (Å²) < 4.78 is 19.1. The molecule has 3 unspecified atom stereocenters. The van der Waals surface area contributed by atoms with Crippen molar-refractivity contribution < 1.29 is 9.13 Å². The lowest BCUT2D eigenvalue weighted by Crippen LogP contribution is -2.49. The van der Waals surface area contributed by atoms with Gasteiger partial charge in [-0.3, -0.25) is 0 Å².